The van der Waals surface area contributed by atoms with Gasteiger partial charge in [-0.3, -0.25) is 0 Å². The number of para-hydroxylation sites is 1. The molecule has 1 N–H and O–H groups in total. The van der Waals surface area contributed by atoms with Gasteiger partial charge >= 0.3 is 0 Å². The van der Waals surface area contributed by atoms with Gasteiger partial charge in [-0.05, 0) is 30.9 Å². The monoisotopic (exact) mass is 314 g/mol. The summed E-state index contributed by atoms with van der Waals surface area (Å²) in [5, 5.41) is 10.4. The molecule has 0 spiro atoms. The van der Waals surface area contributed by atoms with Crippen LogP contribution in [0.4, 0.5) is 0 Å². The van der Waals surface area contributed by atoms with Crippen molar-refractivity contribution in [3.63, 3.8) is 0 Å². The van der Waals surface area contributed by atoms with Gasteiger partial charge in [0.05, 0.1) is 6.61 Å². The molecule has 1 fully saturated rings. The lowest BCUT2D eigenvalue weighted by Gasteiger charge is -2.23. The second-order valence-electron chi connectivity index (χ2n) is 5.65. The third kappa shape index (κ3) is 4.47. The molecule has 1 aliphatic rings. The minimum atomic E-state index is -0.169. The highest BCUT2D eigenvalue weighted by Crippen LogP contribution is 2.31. The first kappa shape index (κ1) is 15.8. The number of benzene rings is 2. The minimum Gasteiger partial charge on any atom is -0.504 e. The normalized spacial score (nSPS) is 17.8. The Kier molecular flexibility index (Phi) is 5.51. The van der Waals surface area contributed by atoms with Crippen molar-refractivity contribution in [1.82, 2.24) is 0 Å². The summed E-state index contributed by atoms with van der Waals surface area (Å²) in [7, 11) is 0. The first-order valence-electron chi connectivity index (χ1n) is 8.04. The lowest BCUT2D eigenvalue weighted by molar-refractivity contribution is -0.169. The van der Waals surface area contributed by atoms with Gasteiger partial charge in [0.15, 0.2) is 17.8 Å². The predicted octanol–water partition coefficient (Wildman–Crippen LogP) is 4.01. The van der Waals surface area contributed by atoms with Crippen LogP contribution in [0, 0.1) is 0 Å². The van der Waals surface area contributed by atoms with Crippen LogP contribution in [0.1, 0.15) is 30.4 Å². The van der Waals surface area contributed by atoms with Crippen LogP contribution in [-0.2, 0) is 22.7 Å². The standard InChI is InChI=1S/C19H22O4/c20-19-16(14-23-18-11-4-5-12-21-18)9-6-10-17(19)22-13-15-7-2-1-3-8-15/h1-3,6-10,18,20H,4-5,11-14H2. The Hall–Kier alpha value is -2.04. The Morgan fingerprint density at radius 2 is 1.87 bits per heavy atom. The Labute approximate surface area is 136 Å². The molecule has 0 aliphatic carbocycles. The van der Waals surface area contributed by atoms with Gasteiger partial charge in [-0.15, -0.1) is 0 Å². The van der Waals surface area contributed by atoms with Gasteiger partial charge < -0.3 is 19.3 Å². The predicted molar refractivity (Wildman–Crippen MR) is 87.3 cm³/mol. The van der Waals surface area contributed by atoms with Crippen molar-refractivity contribution in [2.75, 3.05) is 6.61 Å². The molecule has 3 rings (SSSR count). The molecule has 0 amide bonds. The topological polar surface area (TPSA) is 47.9 Å². The molecule has 2 aromatic carbocycles. The average molecular weight is 314 g/mol. The molecule has 1 heterocycles. The van der Waals surface area contributed by atoms with Crippen molar-refractivity contribution in [2.45, 2.75) is 38.8 Å². The summed E-state index contributed by atoms with van der Waals surface area (Å²) in [4.78, 5) is 0. The first-order valence-corrected chi connectivity index (χ1v) is 8.04. The molecule has 0 saturated carbocycles. The van der Waals surface area contributed by atoms with Crippen molar-refractivity contribution in [1.29, 1.82) is 0 Å². The SMILES string of the molecule is Oc1c(COC2CCCCO2)cccc1OCc1ccccc1. The maximum Gasteiger partial charge on any atom is 0.163 e. The highest BCUT2D eigenvalue weighted by Gasteiger charge is 2.16. The van der Waals surface area contributed by atoms with Crippen LogP contribution < -0.4 is 4.74 Å². The molecule has 1 saturated heterocycles. The zero-order valence-corrected chi connectivity index (χ0v) is 13.1. The van der Waals surface area contributed by atoms with Crippen molar-refractivity contribution < 1.29 is 19.3 Å². The Balaban J connectivity index is 1.59. The molecule has 1 unspecified atom stereocenters. The summed E-state index contributed by atoms with van der Waals surface area (Å²) in [6.45, 7) is 1.49. The second-order valence-corrected chi connectivity index (χ2v) is 5.65. The number of ether oxygens (including phenoxy) is 3. The Morgan fingerprint density at radius 1 is 1.00 bits per heavy atom. The van der Waals surface area contributed by atoms with Crippen molar-refractivity contribution in [3.05, 3.63) is 59.7 Å². The summed E-state index contributed by atoms with van der Waals surface area (Å²) >= 11 is 0. The number of phenolic OH excluding ortho intramolecular Hbond substituents is 1. The van der Waals surface area contributed by atoms with E-state index < -0.39 is 0 Å². The number of rotatable bonds is 6. The molecular weight excluding hydrogens is 292 g/mol. The molecule has 122 valence electrons. The summed E-state index contributed by atoms with van der Waals surface area (Å²) in [6, 6.07) is 15.3. The average Bonchev–Trinajstić information content (AvgIpc) is 2.61. The smallest absolute Gasteiger partial charge is 0.163 e. The summed E-state index contributed by atoms with van der Waals surface area (Å²) in [5.74, 6) is 0.610. The molecule has 1 atom stereocenters. The van der Waals surface area contributed by atoms with Crippen LogP contribution in [0.25, 0.3) is 0 Å². The van der Waals surface area contributed by atoms with E-state index in [1.54, 1.807) is 6.07 Å². The molecule has 4 heteroatoms. The van der Waals surface area contributed by atoms with E-state index in [4.69, 9.17) is 14.2 Å². The molecule has 0 radical (unpaired) electrons. The molecule has 0 aromatic heterocycles. The van der Waals surface area contributed by atoms with Gasteiger partial charge in [0.2, 0.25) is 0 Å². The highest BCUT2D eigenvalue weighted by atomic mass is 16.7. The summed E-state index contributed by atoms with van der Waals surface area (Å²) < 4.78 is 17.0. The maximum absolute atomic E-state index is 10.4. The molecule has 2 aromatic rings. The molecule has 0 bridgehead atoms. The molecule has 1 aliphatic heterocycles. The van der Waals surface area contributed by atoms with Gasteiger partial charge in [-0.25, -0.2) is 0 Å². The fourth-order valence-electron chi connectivity index (χ4n) is 2.56. The van der Waals surface area contributed by atoms with Gasteiger partial charge in [-0.1, -0.05) is 42.5 Å². The number of aromatic hydroxyl groups is 1. The van der Waals surface area contributed by atoms with Crippen molar-refractivity contribution in [2.24, 2.45) is 0 Å². The van der Waals surface area contributed by atoms with Gasteiger partial charge in [0, 0.05) is 12.2 Å². The third-order valence-corrected chi connectivity index (χ3v) is 3.88. The zero-order chi connectivity index (χ0) is 15.9. The second kappa shape index (κ2) is 7.99. The highest BCUT2D eigenvalue weighted by molar-refractivity contribution is 5.45. The lowest BCUT2D eigenvalue weighted by atomic mass is 10.2. The van der Waals surface area contributed by atoms with Crippen LogP contribution in [0.5, 0.6) is 11.5 Å². The van der Waals surface area contributed by atoms with Gasteiger partial charge in [-0.2, -0.15) is 0 Å². The molecule has 23 heavy (non-hydrogen) atoms. The maximum atomic E-state index is 10.4. The number of hydrogen-bond acceptors (Lipinski definition) is 4. The Morgan fingerprint density at radius 3 is 2.65 bits per heavy atom. The quantitative estimate of drug-likeness (QED) is 0.875. The van der Waals surface area contributed by atoms with E-state index in [-0.39, 0.29) is 12.0 Å². The number of hydrogen-bond donors (Lipinski definition) is 1. The largest absolute Gasteiger partial charge is 0.504 e. The van der Waals surface area contributed by atoms with Crippen molar-refractivity contribution in [3.8, 4) is 11.5 Å². The first-order chi connectivity index (χ1) is 11.3. The molecule has 4 nitrogen and oxygen atoms in total. The van der Waals surface area contributed by atoms with E-state index in [9.17, 15) is 5.11 Å². The van der Waals surface area contributed by atoms with Crippen LogP contribution >= 0.6 is 0 Å². The van der Waals surface area contributed by atoms with Crippen LogP contribution in [0.15, 0.2) is 48.5 Å². The van der Waals surface area contributed by atoms with E-state index in [0.717, 1.165) is 31.4 Å². The zero-order valence-electron chi connectivity index (χ0n) is 13.1. The van der Waals surface area contributed by atoms with Crippen LogP contribution in [0.3, 0.4) is 0 Å². The summed E-state index contributed by atoms with van der Waals surface area (Å²) in [5.41, 5.74) is 1.77. The van der Waals surface area contributed by atoms with Crippen LogP contribution in [0.2, 0.25) is 0 Å². The third-order valence-electron chi connectivity index (χ3n) is 3.88. The fourth-order valence-corrected chi connectivity index (χ4v) is 2.56. The molecular formula is C19H22O4. The summed E-state index contributed by atoms with van der Waals surface area (Å²) in [6.07, 6.45) is 2.95. The van der Waals surface area contributed by atoms with Crippen molar-refractivity contribution >= 4 is 0 Å². The Bertz CT molecular complexity index is 606. The van der Waals surface area contributed by atoms with E-state index >= 15 is 0 Å². The van der Waals surface area contributed by atoms with E-state index in [2.05, 4.69) is 0 Å². The van der Waals surface area contributed by atoms with Crippen LogP contribution in [-0.4, -0.2) is 18.0 Å². The van der Waals surface area contributed by atoms with E-state index in [1.807, 2.05) is 42.5 Å². The number of phenols is 1. The lowest BCUT2D eigenvalue weighted by Crippen LogP contribution is -2.22. The van der Waals surface area contributed by atoms with E-state index in [0.29, 0.717) is 24.5 Å². The minimum absolute atomic E-state index is 0.138. The fraction of sp³-hybridized carbons (Fsp3) is 0.368. The van der Waals surface area contributed by atoms with Gasteiger partial charge in [0.1, 0.15) is 6.61 Å². The van der Waals surface area contributed by atoms with Gasteiger partial charge in [0.25, 0.3) is 0 Å². The van der Waals surface area contributed by atoms with E-state index in [1.165, 1.54) is 0 Å².